The van der Waals surface area contributed by atoms with Crippen molar-refractivity contribution in [3.05, 3.63) is 48.6 Å². The van der Waals surface area contributed by atoms with E-state index in [1.807, 2.05) is 0 Å². The Hall–Kier alpha value is -2.56. The number of aliphatic hydroxyl groups is 1. The lowest BCUT2D eigenvalue weighted by Gasteiger charge is -2.21. The minimum atomic E-state index is -4.75. The van der Waals surface area contributed by atoms with Gasteiger partial charge in [-0.25, -0.2) is 4.57 Å². The molecule has 0 aliphatic heterocycles. The molecule has 0 spiro atoms. The predicted octanol–water partition coefficient (Wildman–Crippen LogP) is 18.1. The number of carbonyl (C=O) groups is 3. The number of hydrogen-bond acceptors (Lipinski definition) is 10. The summed E-state index contributed by atoms with van der Waals surface area (Å²) < 4.78 is 39.6. The van der Waals surface area contributed by atoms with E-state index in [9.17, 15) is 28.9 Å². The number of unbranched alkanes of at least 4 members (excludes halogenated alkanes) is 32. The summed E-state index contributed by atoms with van der Waals surface area (Å²) in [5.74, 6) is -1.48. The molecule has 0 saturated heterocycles. The van der Waals surface area contributed by atoms with E-state index in [4.69, 9.17) is 23.3 Å². The lowest BCUT2D eigenvalue weighted by molar-refractivity contribution is -0.161. The zero-order chi connectivity index (χ0) is 54.1. The zero-order valence-corrected chi connectivity index (χ0v) is 48.7. The number of aliphatic hydroxyl groups excluding tert-OH is 1. The summed E-state index contributed by atoms with van der Waals surface area (Å²) in [6, 6.07) is 0. The summed E-state index contributed by atoms with van der Waals surface area (Å²) in [5.41, 5.74) is 0. The third-order valence-electron chi connectivity index (χ3n) is 13.2. The van der Waals surface area contributed by atoms with Crippen LogP contribution < -0.4 is 0 Å². The molecular weight excluding hydrogens is 952 g/mol. The molecule has 0 aliphatic rings. The average Bonchev–Trinajstić information content (AvgIpc) is 3.39. The Kier molecular flexibility index (Phi) is 54.7. The Morgan fingerprint density at radius 1 is 0.378 bits per heavy atom. The summed E-state index contributed by atoms with van der Waals surface area (Å²) in [6.07, 6.45) is 60.7. The molecule has 0 aromatic heterocycles. The summed E-state index contributed by atoms with van der Waals surface area (Å²) in [4.78, 5) is 48.6. The topological polar surface area (TPSA) is 155 Å². The molecule has 0 heterocycles. The number of phosphoric acid groups is 1. The largest absolute Gasteiger partial charge is 0.472 e. The van der Waals surface area contributed by atoms with Gasteiger partial charge in [0.1, 0.15) is 12.7 Å². The van der Waals surface area contributed by atoms with Crippen molar-refractivity contribution in [3.8, 4) is 0 Å². The van der Waals surface area contributed by atoms with Gasteiger partial charge in [0.2, 0.25) is 0 Å². The summed E-state index contributed by atoms with van der Waals surface area (Å²) in [5, 5.41) is 9.81. The van der Waals surface area contributed by atoms with E-state index < -0.39 is 57.8 Å². The second-order valence-electron chi connectivity index (χ2n) is 20.5. The second-order valence-corrected chi connectivity index (χ2v) is 22.0. The number of ether oxygens (including phenoxy) is 3. The Labute approximate surface area is 453 Å². The van der Waals surface area contributed by atoms with E-state index in [0.29, 0.717) is 19.3 Å². The van der Waals surface area contributed by atoms with E-state index in [1.165, 1.54) is 122 Å². The van der Waals surface area contributed by atoms with Crippen molar-refractivity contribution in [1.29, 1.82) is 0 Å². The van der Waals surface area contributed by atoms with Gasteiger partial charge in [0.15, 0.2) is 6.10 Å². The molecule has 0 amide bonds. The maximum atomic E-state index is 12.9. The van der Waals surface area contributed by atoms with Crippen molar-refractivity contribution >= 4 is 25.7 Å². The maximum absolute atomic E-state index is 12.9. The average molecular weight is 1070 g/mol. The molecule has 2 N–H and O–H groups in total. The maximum Gasteiger partial charge on any atom is 0.472 e. The highest BCUT2D eigenvalue weighted by molar-refractivity contribution is 7.47. The van der Waals surface area contributed by atoms with E-state index >= 15 is 0 Å². The van der Waals surface area contributed by atoms with Gasteiger partial charge >= 0.3 is 25.7 Å². The van der Waals surface area contributed by atoms with Gasteiger partial charge < -0.3 is 24.2 Å². The summed E-state index contributed by atoms with van der Waals surface area (Å²) in [7, 11) is -4.75. The first kappa shape index (κ1) is 71.4. The monoisotopic (exact) mass is 1060 g/mol. The minimum Gasteiger partial charge on any atom is -0.462 e. The van der Waals surface area contributed by atoms with E-state index in [2.05, 4.69) is 69.4 Å². The first-order valence-corrected chi connectivity index (χ1v) is 32.0. The Bertz CT molecular complexity index is 1430. The fraction of sp³-hybridized carbons (Fsp3) is 0.823. The molecule has 0 fully saturated rings. The van der Waals surface area contributed by atoms with Crippen LogP contribution in [0.3, 0.4) is 0 Å². The normalized spacial score (nSPS) is 13.6. The van der Waals surface area contributed by atoms with Gasteiger partial charge in [0.05, 0.1) is 19.8 Å². The predicted molar refractivity (Wildman–Crippen MR) is 307 cm³/mol. The zero-order valence-electron chi connectivity index (χ0n) is 47.8. The van der Waals surface area contributed by atoms with Crippen LogP contribution in [0.15, 0.2) is 48.6 Å². The lowest BCUT2D eigenvalue weighted by atomic mass is 10.0. The molecule has 0 aliphatic carbocycles. The quantitative estimate of drug-likeness (QED) is 0.0197. The van der Waals surface area contributed by atoms with Gasteiger partial charge in [-0.05, 0) is 77.0 Å². The molecule has 74 heavy (non-hydrogen) atoms. The molecule has 0 saturated carbocycles. The van der Waals surface area contributed by atoms with Crippen LogP contribution in [-0.2, 0) is 42.2 Å². The smallest absolute Gasteiger partial charge is 0.462 e. The Morgan fingerprint density at radius 2 is 0.689 bits per heavy atom. The highest BCUT2D eigenvalue weighted by Gasteiger charge is 2.28. The van der Waals surface area contributed by atoms with Gasteiger partial charge in [-0.15, -0.1) is 0 Å². The van der Waals surface area contributed by atoms with Crippen LogP contribution >= 0.6 is 7.82 Å². The first-order valence-electron chi connectivity index (χ1n) is 30.5. The van der Waals surface area contributed by atoms with Crippen molar-refractivity contribution in [1.82, 2.24) is 0 Å². The Balaban J connectivity index is 4.69. The molecule has 12 heteroatoms. The molecule has 0 aromatic carbocycles. The van der Waals surface area contributed by atoms with Gasteiger partial charge in [-0.2, -0.15) is 0 Å². The molecule has 0 bridgehead atoms. The van der Waals surface area contributed by atoms with Crippen LogP contribution in [0, 0.1) is 0 Å². The van der Waals surface area contributed by atoms with Crippen molar-refractivity contribution in [2.75, 3.05) is 26.4 Å². The molecule has 432 valence electrons. The third-order valence-corrected chi connectivity index (χ3v) is 14.2. The highest BCUT2D eigenvalue weighted by atomic mass is 31.2. The number of rotatable bonds is 57. The van der Waals surface area contributed by atoms with Crippen molar-refractivity contribution < 1.29 is 52.2 Å². The number of phosphoric ester groups is 1. The number of hydrogen-bond donors (Lipinski definition) is 2. The SMILES string of the molecule is CCC/C=C\C/C=C\CCCCCCCC(=O)OC(CO)COP(=O)(O)OCC(COC(=O)CCCCCCCCCCCCCCCCCCCCC)OC(=O)CCCCCCC/C=C\C/C=C\CCCCC. The highest BCUT2D eigenvalue weighted by Crippen LogP contribution is 2.43. The fourth-order valence-electron chi connectivity index (χ4n) is 8.54. The Morgan fingerprint density at radius 3 is 1.08 bits per heavy atom. The van der Waals surface area contributed by atoms with E-state index in [-0.39, 0.29) is 25.9 Å². The van der Waals surface area contributed by atoms with Gasteiger partial charge in [0.25, 0.3) is 0 Å². The summed E-state index contributed by atoms with van der Waals surface area (Å²) >= 11 is 0. The van der Waals surface area contributed by atoms with Gasteiger partial charge in [-0.1, -0.05) is 243 Å². The van der Waals surface area contributed by atoms with Crippen LogP contribution in [0.25, 0.3) is 0 Å². The van der Waals surface area contributed by atoms with Crippen LogP contribution in [0.4, 0.5) is 0 Å². The molecule has 11 nitrogen and oxygen atoms in total. The second kappa shape index (κ2) is 56.6. The summed E-state index contributed by atoms with van der Waals surface area (Å²) in [6.45, 7) is 4.57. The number of allylic oxidation sites excluding steroid dienone is 8. The molecule has 0 rings (SSSR count). The standard InChI is InChI=1S/C62H113O11P/c1-4-7-10-13-16-19-22-25-27-28-29-30-32-34-36-39-42-45-48-51-60(64)69-55-59(73-62(66)53-50-47-44-41-38-35-31-26-23-20-17-14-11-8-5-2)57-71-74(67,68)70-56-58(54-63)72-61(65)52-49-46-43-40-37-33-24-21-18-15-12-9-6-3/h12,15,17,20-21,24,26,31,58-59,63H,4-11,13-14,16,18-19,22-23,25,27-30,32-57H2,1-3H3,(H,67,68)/b15-12-,20-17-,24-21-,31-26-. The van der Waals surface area contributed by atoms with Crippen LogP contribution in [0.2, 0.25) is 0 Å². The number of esters is 3. The lowest BCUT2D eigenvalue weighted by Crippen LogP contribution is -2.30. The molecule has 0 radical (unpaired) electrons. The van der Waals surface area contributed by atoms with Crippen molar-refractivity contribution in [2.45, 2.75) is 303 Å². The molecule has 0 aromatic rings. The number of carbonyl (C=O) groups excluding carboxylic acids is 3. The van der Waals surface area contributed by atoms with Crippen LogP contribution in [-0.4, -0.2) is 66.5 Å². The molecule has 3 atom stereocenters. The first-order chi connectivity index (χ1) is 36.2. The van der Waals surface area contributed by atoms with Crippen molar-refractivity contribution in [3.63, 3.8) is 0 Å². The minimum absolute atomic E-state index is 0.153. The molecule has 3 unspecified atom stereocenters. The van der Waals surface area contributed by atoms with Crippen molar-refractivity contribution in [2.24, 2.45) is 0 Å². The fourth-order valence-corrected chi connectivity index (χ4v) is 9.33. The van der Waals surface area contributed by atoms with Gasteiger partial charge in [-0.3, -0.25) is 23.4 Å². The van der Waals surface area contributed by atoms with Crippen LogP contribution in [0.5, 0.6) is 0 Å². The van der Waals surface area contributed by atoms with E-state index in [0.717, 1.165) is 109 Å². The molecular formula is C62H113O11P. The van der Waals surface area contributed by atoms with E-state index in [1.54, 1.807) is 0 Å². The van der Waals surface area contributed by atoms with Crippen LogP contribution in [0.1, 0.15) is 290 Å². The third kappa shape index (κ3) is 54.2. The van der Waals surface area contributed by atoms with Gasteiger partial charge in [0, 0.05) is 19.3 Å².